The van der Waals surface area contributed by atoms with E-state index in [2.05, 4.69) is 10.7 Å². The van der Waals surface area contributed by atoms with Gasteiger partial charge in [0.1, 0.15) is 0 Å². The molecule has 0 saturated heterocycles. The van der Waals surface area contributed by atoms with E-state index >= 15 is 0 Å². The third kappa shape index (κ3) is 8.89. The number of hydrogen-bond acceptors (Lipinski definition) is 3. The van der Waals surface area contributed by atoms with Gasteiger partial charge in [-0.2, -0.15) is 5.90 Å². The maximum Gasteiger partial charge on any atom is 2.00 e. The van der Waals surface area contributed by atoms with Crippen LogP contribution in [-0.2, 0) is 9.63 Å². The smallest absolute Gasteiger partial charge is 0.374 e. The molecule has 3 nitrogen and oxygen atoms in total. The van der Waals surface area contributed by atoms with Crippen LogP contribution in [0.2, 0.25) is 0 Å². The number of rotatable bonds is 0. The van der Waals surface area contributed by atoms with Gasteiger partial charge in [-0.25, -0.2) is 0 Å². The summed E-state index contributed by atoms with van der Waals surface area (Å²) in [5, 5.41) is 0. The quantitative estimate of drug-likeness (QED) is 0.314. The Kier molecular flexibility index (Phi) is 8.23. The summed E-state index contributed by atoms with van der Waals surface area (Å²) >= 11 is 0. The predicted molar refractivity (Wildman–Crippen MR) is 21.7 cm³/mol. The summed E-state index contributed by atoms with van der Waals surface area (Å²) < 4.78 is 0. The normalized spacial score (nSPS) is 5.67. The Morgan fingerprint density at radius 3 is 2.00 bits per heavy atom. The van der Waals surface area contributed by atoms with Crippen molar-refractivity contribution in [2.75, 3.05) is 0 Å². The van der Waals surface area contributed by atoms with Crippen LogP contribution < -0.4 is 5.90 Å². The Bertz CT molecular complexity index is 46.8. The van der Waals surface area contributed by atoms with Gasteiger partial charge in [-0.1, -0.05) is 0 Å². The number of carbonyl (C=O) groups excluding carboxylic acids is 1. The van der Waals surface area contributed by atoms with E-state index in [9.17, 15) is 4.79 Å². The first-order valence-corrected chi connectivity index (χ1v) is 1.14. The van der Waals surface area contributed by atoms with E-state index < -0.39 is 5.97 Å². The van der Waals surface area contributed by atoms with Crippen molar-refractivity contribution >= 4 is 29.0 Å². The molecule has 0 aromatic heterocycles. The van der Waals surface area contributed by atoms with E-state index in [0.29, 0.717) is 0 Å². The summed E-state index contributed by atoms with van der Waals surface area (Å²) in [5.74, 6) is 3.85. The second-order valence-corrected chi connectivity index (χ2v) is 0.609. The van der Waals surface area contributed by atoms with Crippen LogP contribution >= 0.6 is 0 Å². The van der Waals surface area contributed by atoms with Gasteiger partial charge in [0.15, 0.2) is 0 Å². The molecule has 0 amide bonds. The largest absolute Gasteiger partial charge is 2.00 e. The van der Waals surface area contributed by atoms with Gasteiger partial charge < -0.3 is 4.84 Å². The first kappa shape index (κ1) is 9.50. The van der Waals surface area contributed by atoms with E-state index in [-0.39, 0.29) is 23.1 Å². The van der Waals surface area contributed by atoms with E-state index in [4.69, 9.17) is 0 Å². The molecular formula is C2H5MgNO2+2. The van der Waals surface area contributed by atoms with Crippen LogP contribution in [-0.4, -0.2) is 29.0 Å². The maximum absolute atomic E-state index is 9.47. The molecule has 0 radical (unpaired) electrons. The Morgan fingerprint density at radius 1 is 1.83 bits per heavy atom. The second-order valence-electron chi connectivity index (χ2n) is 0.609. The molecule has 0 bridgehead atoms. The zero-order valence-electron chi connectivity index (χ0n) is 3.60. The molecule has 0 heterocycles. The minimum Gasteiger partial charge on any atom is -0.374 e. The molecule has 6 heavy (non-hydrogen) atoms. The van der Waals surface area contributed by atoms with Crippen LogP contribution in [0.4, 0.5) is 0 Å². The Hall–Kier alpha value is 0.196. The molecule has 2 N–H and O–H groups in total. The fourth-order valence-electron chi connectivity index (χ4n) is 0. The van der Waals surface area contributed by atoms with Gasteiger partial charge in [0.25, 0.3) is 0 Å². The van der Waals surface area contributed by atoms with Gasteiger partial charge in [0, 0.05) is 6.92 Å². The fraction of sp³-hybridized carbons (Fsp3) is 0.500. The molecule has 0 rings (SSSR count). The average molecular weight is 99.4 g/mol. The molecular weight excluding hydrogens is 94.3 g/mol. The minimum atomic E-state index is -0.468. The average Bonchev–Trinajstić information content (AvgIpc) is 1.38. The van der Waals surface area contributed by atoms with Gasteiger partial charge in [0.05, 0.1) is 0 Å². The van der Waals surface area contributed by atoms with Crippen LogP contribution in [0.3, 0.4) is 0 Å². The van der Waals surface area contributed by atoms with E-state index in [1.54, 1.807) is 0 Å². The van der Waals surface area contributed by atoms with Crippen LogP contribution in [0.15, 0.2) is 0 Å². The van der Waals surface area contributed by atoms with E-state index in [0.717, 1.165) is 0 Å². The summed E-state index contributed by atoms with van der Waals surface area (Å²) in [6.45, 7) is 1.24. The number of carbonyl (C=O) groups is 1. The zero-order chi connectivity index (χ0) is 4.28. The van der Waals surface area contributed by atoms with Crippen molar-refractivity contribution in [1.82, 2.24) is 0 Å². The Morgan fingerprint density at radius 2 is 2.00 bits per heavy atom. The van der Waals surface area contributed by atoms with E-state index in [1.165, 1.54) is 6.92 Å². The first-order chi connectivity index (χ1) is 2.27. The standard InChI is InChI=1S/C2H5NO2.Mg/c1-2(4)5-3;/h3H2,1H3;/q;+2. The fourth-order valence-corrected chi connectivity index (χ4v) is 0. The Balaban J connectivity index is 0. The Labute approximate surface area is 51.9 Å². The molecule has 0 spiro atoms. The summed E-state index contributed by atoms with van der Waals surface area (Å²) in [6, 6.07) is 0. The third-order valence-electron chi connectivity index (χ3n) is 0.166. The van der Waals surface area contributed by atoms with Crippen LogP contribution in [0.25, 0.3) is 0 Å². The topological polar surface area (TPSA) is 52.3 Å². The predicted octanol–water partition coefficient (Wildman–Crippen LogP) is -0.958. The van der Waals surface area contributed by atoms with Gasteiger partial charge >= 0.3 is 29.0 Å². The molecule has 0 fully saturated rings. The monoisotopic (exact) mass is 99.0 g/mol. The third-order valence-corrected chi connectivity index (χ3v) is 0.166. The molecule has 0 aliphatic heterocycles. The van der Waals surface area contributed by atoms with Crippen molar-refractivity contribution in [2.45, 2.75) is 6.92 Å². The van der Waals surface area contributed by atoms with Gasteiger partial charge in [-0.15, -0.1) is 0 Å². The summed E-state index contributed by atoms with van der Waals surface area (Å²) in [5.41, 5.74) is 0. The zero-order valence-corrected chi connectivity index (χ0v) is 5.02. The summed E-state index contributed by atoms with van der Waals surface area (Å²) in [7, 11) is 0. The minimum absolute atomic E-state index is 0. The summed E-state index contributed by atoms with van der Waals surface area (Å²) in [6.07, 6.45) is 0. The van der Waals surface area contributed by atoms with Crippen molar-refractivity contribution in [2.24, 2.45) is 5.90 Å². The van der Waals surface area contributed by atoms with Gasteiger partial charge in [-0.3, -0.25) is 4.79 Å². The maximum atomic E-state index is 9.47. The van der Waals surface area contributed by atoms with Gasteiger partial charge in [-0.05, 0) is 0 Å². The van der Waals surface area contributed by atoms with Gasteiger partial charge in [0.2, 0.25) is 0 Å². The first-order valence-electron chi connectivity index (χ1n) is 1.14. The van der Waals surface area contributed by atoms with Crippen molar-refractivity contribution in [3.05, 3.63) is 0 Å². The molecule has 4 heteroatoms. The molecule has 0 unspecified atom stereocenters. The summed E-state index contributed by atoms with van der Waals surface area (Å²) in [4.78, 5) is 13.1. The van der Waals surface area contributed by atoms with Crippen LogP contribution in [0.1, 0.15) is 6.92 Å². The van der Waals surface area contributed by atoms with Crippen molar-refractivity contribution in [3.63, 3.8) is 0 Å². The SMILES string of the molecule is CC(=O)ON.[Mg+2]. The van der Waals surface area contributed by atoms with Crippen molar-refractivity contribution in [3.8, 4) is 0 Å². The molecule has 0 aromatic carbocycles. The second kappa shape index (κ2) is 5.20. The molecule has 30 valence electrons. The van der Waals surface area contributed by atoms with Crippen LogP contribution in [0.5, 0.6) is 0 Å². The molecule has 0 saturated carbocycles. The molecule has 0 atom stereocenters. The number of nitrogens with two attached hydrogens (primary N) is 1. The molecule has 0 aliphatic rings. The van der Waals surface area contributed by atoms with E-state index in [1.807, 2.05) is 0 Å². The molecule has 0 aromatic rings. The number of hydrogen-bond donors (Lipinski definition) is 1. The van der Waals surface area contributed by atoms with Crippen molar-refractivity contribution in [1.29, 1.82) is 0 Å². The van der Waals surface area contributed by atoms with Crippen LogP contribution in [0, 0.1) is 0 Å². The molecule has 0 aliphatic carbocycles. The van der Waals surface area contributed by atoms with Crippen molar-refractivity contribution < 1.29 is 9.63 Å².